The Hall–Kier alpha value is -1.42. The highest BCUT2D eigenvalue weighted by Gasteiger charge is 2.42. The van der Waals surface area contributed by atoms with E-state index < -0.39 is 5.54 Å². The molecule has 9 heteroatoms. The number of amides is 1. The van der Waals surface area contributed by atoms with Crippen molar-refractivity contribution < 1.29 is 19.1 Å². The van der Waals surface area contributed by atoms with Gasteiger partial charge < -0.3 is 14.4 Å². The first-order valence-electron chi connectivity index (χ1n) is 8.69. The molecule has 2 heterocycles. The molecule has 0 N–H and O–H groups in total. The quantitative estimate of drug-likeness (QED) is 0.343. The molecule has 0 unspecified atom stereocenters. The molecular formula is C19H21NO4S4. The lowest BCUT2D eigenvalue weighted by molar-refractivity contribution is -0.139. The number of methoxy groups -OCH3 is 1. The van der Waals surface area contributed by atoms with E-state index in [-0.39, 0.29) is 23.4 Å². The molecule has 0 saturated heterocycles. The summed E-state index contributed by atoms with van der Waals surface area (Å²) in [5.41, 5.74) is 2.22. The number of anilines is 1. The molecule has 28 heavy (non-hydrogen) atoms. The van der Waals surface area contributed by atoms with Gasteiger partial charge in [-0.15, -0.1) is 11.8 Å². The predicted molar refractivity (Wildman–Crippen MR) is 119 cm³/mol. The second-order valence-corrected chi connectivity index (χ2v) is 10.4. The zero-order valence-corrected chi connectivity index (χ0v) is 19.3. The summed E-state index contributed by atoms with van der Waals surface area (Å²) in [6, 6.07) is 5.69. The van der Waals surface area contributed by atoms with Gasteiger partial charge in [-0.3, -0.25) is 9.59 Å². The number of rotatable bonds is 6. The third-order valence-corrected chi connectivity index (χ3v) is 8.68. The van der Waals surface area contributed by atoms with Crippen LogP contribution in [0.2, 0.25) is 0 Å². The second kappa shape index (κ2) is 8.52. The molecule has 0 aliphatic carbocycles. The summed E-state index contributed by atoms with van der Waals surface area (Å²) in [6.07, 6.45) is 0. The Morgan fingerprint density at radius 3 is 2.68 bits per heavy atom. The van der Waals surface area contributed by atoms with E-state index in [9.17, 15) is 9.59 Å². The van der Waals surface area contributed by atoms with Crippen molar-refractivity contribution in [2.45, 2.75) is 26.3 Å². The smallest absolute Gasteiger partial charge is 0.315 e. The van der Waals surface area contributed by atoms with E-state index in [0.717, 1.165) is 31.3 Å². The third kappa shape index (κ3) is 3.85. The average molecular weight is 456 g/mol. The summed E-state index contributed by atoms with van der Waals surface area (Å²) in [6.45, 7) is 6.17. The fourth-order valence-corrected chi connectivity index (χ4v) is 7.21. The van der Waals surface area contributed by atoms with Gasteiger partial charge in [-0.05, 0) is 39.0 Å². The number of esters is 1. The Kier molecular flexibility index (Phi) is 6.48. The van der Waals surface area contributed by atoms with Crippen LogP contribution in [-0.2, 0) is 19.9 Å². The zero-order valence-electron chi connectivity index (χ0n) is 16.1. The Morgan fingerprint density at radius 1 is 1.25 bits per heavy atom. The van der Waals surface area contributed by atoms with E-state index in [1.54, 1.807) is 34.7 Å². The minimum atomic E-state index is -0.531. The first-order chi connectivity index (χ1) is 13.3. The van der Waals surface area contributed by atoms with E-state index in [2.05, 4.69) is 0 Å². The van der Waals surface area contributed by atoms with E-state index in [1.165, 1.54) is 11.8 Å². The minimum Gasteiger partial charge on any atom is -0.497 e. The van der Waals surface area contributed by atoms with E-state index in [0.29, 0.717) is 6.61 Å². The van der Waals surface area contributed by atoms with Gasteiger partial charge in [0.25, 0.3) is 0 Å². The van der Waals surface area contributed by atoms with Crippen LogP contribution in [0.4, 0.5) is 5.69 Å². The fraction of sp³-hybridized carbons (Fsp3) is 0.421. The molecule has 0 saturated carbocycles. The third-order valence-electron chi connectivity index (χ3n) is 4.46. The fourth-order valence-electron chi connectivity index (χ4n) is 3.27. The Morgan fingerprint density at radius 2 is 2.00 bits per heavy atom. The topological polar surface area (TPSA) is 55.8 Å². The Bertz CT molecular complexity index is 963. The lowest BCUT2D eigenvalue weighted by Gasteiger charge is -2.43. The second-order valence-electron chi connectivity index (χ2n) is 6.63. The molecule has 3 rings (SSSR count). The maximum atomic E-state index is 13.2. The number of hydrogen-bond donors (Lipinski definition) is 0. The van der Waals surface area contributed by atoms with Crippen molar-refractivity contribution in [2.75, 3.05) is 30.1 Å². The molecule has 150 valence electrons. The molecule has 0 atom stereocenters. The maximum Gasteiger partial charge on any atom is 0.315 e. The number of nitrogens with zero attached hydrogens (tertiary/aromatic N) is 1. The molecule has 5 nitrogen and oxygen atoms in total. The highest BCUT2D eigenvalue weighted by Crippen LogP contribution is 2.52. The van der Waals surface area contributed by atoms with Crippen molar-refractivity contribution in [2.24, 2.45) is 0 Å². The first kappa shape index (κ1) is 21.3. The molecule has 1 aliphatic heterocycles. The van der Waals surface area contributed by atoms with Crippen LogP contribution in [0.5, 0.6) is 5.75 Å². The van der Waals surface area contributed by atoms with Crippen LogP contribution in [0.1, 0.15) is 25.6 Å². The highest BCUT2D eigenvalue weighted by atomic mass is 32.9. The van der Waals surface area contributed by atoms with Crippen LogP contribution in [-0.4, -0.2) is 37.1 Å². The standard InChI is InChI=1S/C19H21NO4S4/c1-5-24-15(22)10-26-9-14(21)20-13-7-6-11(23-4)8-12(13)16-17(19(20,2)3)27-28-18(16)25/h6-8H,5,9-10H2,1-4H3. The molecule has 2 aromatic rings. The monoisotopic (exact) mass is 455 g/mol. The van der Waals surface area contributed by atoms with E-state index >= 15 is 0 Å². The molecule has 0 radical (unpaired) electrons. The largest absolute Gasteiger partial charge is 0.497 e. The lowest BCUT2D eigenvalue weighted by Crippen LogP contribution is -2.48. The number of thioether (sulfide) groups is 1. The maximum absolute atomic E-state index is 13.2. The van der Waals surface area contributed by atoms with Crippen molar-refractivity contribution >= 4 is 62.2 Å². The van der Waals surface area contributed by atoms with E-state index in [4.69, 9.17) is 21.7 Å². The number of carbonyl (C=O) groups excluding carboxylic acids is 2. The summed E-state index contributed by atoms with van der Waals surface area (Å²) < 4.78 is 11.1. The number of ether oxygens (including phenoxy) is 2. The van der Waals surface area contributed by atoms with Crippen LogP contribution in [0.15, 0.2) is 18.2 Å². The average Bonchev–Trinajstić information content (AvgIpc) is 3.04. The molecule has 1 amide bonds. The summed E-state index contributed by atoms with van der Waals surface area (Å²) >= 11 is 6.86. The Balaban J connectivity index is 1.97. The minimum absolute atomic E-state index is 0.0549. The normalized spacial score (nSPS) is 14.2. The zero-order chi connectivity index (χ0) is 20.5. The number of hydrogen-bond acceptors (Lipinski definition) is 8. The lowest BCUT2D eigenvalue weighted by atomic mass is 9.87. The molecule has 1 aliphatic rings. The first-order valence-corrected chi connectivity index (χ1v) is 12.4. The van der Waals surface area contributed by atoms with Crippen LogP contribution in [0.3, 0.4) is 0 Å². The predicted octanol–water partition coefficient (Wildman–Crippen LogP) is 5.09. The summed E-state index contributed by atoms with van der Waals surface area (Å²) in [4.78, 5) is 27.7. The van der Waals surface area contributed by atoms with Gasteiger partial charge in [0.1, 0.15) is 9.57 Å². The molecule has 0 spiro atoms. The number of benzene rings is 1. The SMILES string of the molecule is CCOC(=O)CSCC(=O)N1c2ccc(OC)cc2-c2c(ssc2=S)C1(C)C. The highest BCUT2D eigenvalue weighted by molar-refractivity contribution is 8.00. The molecule has 0 bridgehead atoms. The summed E-state index contributed by atoms with van der Waals surface area (Å²) in [7, 11) is 4.79. The number of carbonyl (C=O) groups is 2. The molecule has 1 aromatic heterocycles. The van der Waals surface area contributed by atoms with Gasteiger partial charge in [0.15, 0.2) is 0 Å². The van der Waals surface area contributed by atoms with Gasteiger partial charge in [0, 0.05) is 11.1 Å². The van der Waals surface area contributed by atoms with Gasteiger partial charge in [-0.2, -0.15) is 0 Å². The Labute approximate surface area is 181 Å². The van der Waals surface area contributed by atoms with E-state index in [1.807, 2.05) is 36.9 Å². The number of fused-ring (bicyclic) bond motifs is 3. The van der Waals surface area contributed by atoms with Crippen LogP contribution < -0.4 is 9.64 Å². The van der Waals surface area contributed by atoms with Gasteiger partial charge in [0.2, 0.25) is 5.91 Å². The van der Waals surface area contributed by atoms with Crippen molar-refractivity contribution in [3.05, 3.63) is 26.9 Å². The van der Waals surface area contributed by atoms with Gasteiger partial charge in [-0.1, -0.05) is 32.9 Å². The summed E-state index contributed by atoms with van der Waals surface area (Å²) in [5, 5.41) is 0. The molecule has 0 fully saturated rings. The van der Waals surface area contributed by atoms with Crippen molar-refractivity contribution in [3.63, 3.8) is 0 Å². The molecule has 1 aromatic carbocycles. The van der Waals surface area contributed by atoms with Gasteiger partial charge in [-0.25, -0.2) is 0 Å². The van der Waals surface area contributed by atoms with Crippen LogP contribution in [0, 0.1) is 3.82 Å². The van der Waals surface area contributed by atoms with Gasteiger partial charge >= 0.3 is 5.97 Å². The summed E-state index contributed by atoms with van der Waals surface area (Å²) in [5.74, 6) is 0.714. The van der Waals surface area contributed by atoms with Crippen molar-refractivity contribution in [1.82, 2.24) is 0 Å². The van der Waals surface area contributed by atoms with Crippen molar-refractivity contribution in [1.29, 1.82) is 0 Å². The van der Waals surface area contributed by atoms with Gasteiger partial charge in [0.05, 0.1) is 41.3 Å². The van der Waals surface area contributed by atoms with Crippen LogP contribution in [0.25, 0.3) is 11.1 Å². The van der Waals surface area contributed by atoms with Crippen molar-refractivity contribution in [3.8, 4) is 16.9 Å². The van der Waals surface area contributed by atoms with Crippen LogP contribution >= 0.6 is 44.7 Å². The molecular weight excluding hydrogens is 434 g/mol.